The second kappa shape index (κ2) is 6.14. The molecule has 0 N–H and O–H groups in total. The zero-order valence-corrected chi connectivity index (χ0v) is 13.3. The Bertz CT molecular complexity index is 679. The van der Waals surface area contributed by atoms with Gasteiger partial charge in [0.25, 0.3) is 5.91 Å². The molecule has 2 aromatic rings. The molecule has 6 nitrogen and oxygen atoms in total. The van der Waals surface area contributed by atoms with Crippen LogP contribution < -0.4 is 0 Å². The van der Waals surface area contributed by atoms with Crippen molar-refractivity contribution in [2.75, 3.05) is 19.8 Å². The topological polar surface area (TPSA) is 60.5 Å². The molecule has 1 aliphatic rings. The van der Waals surface area contributed by atoms with Crippen molar-refractivity contribution in [3.63, 3.8) is 0 Å². The van der Waals surface area contributed by atoms with Gasteiger partial charge in [0, 0.05) is 20.0 Å². The minimum Gasteiger partial charge on any atom is -0.464 e. The van der Waals surface area contributed by atoms with Crippen LogP contribution in [0, 0.1) is 0 Å². The maximum atomic E-state index is 12.8. The van der Waals surface area contributed by atoms with Gasteiger partial charge >= 0.3 is 0 Å². The standard InChI is InChI=1S/C15H18ClN3O3/c1-3-10-4-5-13(22-10)12-9-21-7-6-19(12)15(20)11-8-17-18(2)14(11)16/h4-5,8,12H,3,6-7,9H2,1-2H3. The van der Waals surface area contributed by atoms with Crippen LogP contribution >= 0.6 is 11.6 Å². The maximum Gasteiger partial charge on any atom is 0.259 e. The van der Waals surface area contributed by atoms with E-state index in [1.165, 1.54) is 10.9 Å². The van der Waals surface area contributed by atoms with Crippen LogP contribution in [0.3, 0.4) is 0 Å². The van der Waals surface area contributed by atoms with Gasteiger partial charge in [-0.05, 0) is 12.1 Å². The quantitative estimate of drug-likeness (QED) is 0.870. The highest BCUT2D eigenvalue weighted by atomic mass is 35.5. The third kappa shape index (κ3) is 2.64. The SMILES string of the molecule is CCc1ccc(C2COCCN2C(=O)c2cnn(C)c2Cl)o1. The fraction of sp³-hybridized carbons (Fsp3) is 0.467. The minimum atomic E-state index is -0.238. The van der Waals surface area contributed by atoms with Crippen molar-refractivity contribution in [2.24, 2.45) is 7.05 Å². The number of morpholine rings is 1. The van der Waals surface area contributed by atoms with Crippen molar-refractivity contribution in [2.45, 2.75) is 19.4 Å². The molecule has 1 atom stereocenters. The molecular weight excluding hydrogens is 306 g/mol. The number of rotatable bonds is 3. The van der Waals surface area contributed by atoms with Gasteiger partial charge in [0.15, 0.2) is 0 Å². The molecule has 0 aromatic carbocycles. The number of aromatic nitrogens is 2. The molecule has 22 heavy (non-hydrogen) atoms. The average Bonchev–Trinajstić information content (AvgIpc) is 3.15. The fourth-order valence-electron chi connectivity index (χ4n) is 2.57. The fourth-order valence-corrected chi connectivity index (χ4v) is 2.74. The molecular formula is C15H18ClN3O3. The van der Waals surface area contributed by atoms with Crippen LogP contribution in [0.5, 0.6) is 0 Å². The number of amides is 1. The number of carbonyl (C=O) groups excluding carboxylic acids is 1. The summed E-state index contributed by atoms with van der Waals surface area (Å²) in [5.74, 6) is 1.48. The van der Waals surface area contributed by atoms with E-state index in [4.69, 9.17) is 20.8 Å². The third-order valence-electron chi connectivity index (χ3n) is 3.85. The van der Waals surface area contributed by atoms with E-state index in [1.54, 1.807) is 11.9 Å². The molecule has 118 valence electrons. The Morgan fingerprint density at radius 1 is 1.50 bits per heavy atom. The smallest absolute Gasteiger partial charge is 0.259 e. The summed E-state index contributed by atoms with van der Waals surface area (Å²) in [6.45, 7) is 3.44. The Hall–Kier alpha value is -1.79. The summed E-state index contributed by atoms with van der Waals surface area (Å²) in [5.41, 5.74) is 0.401. The van der Waals surface area contributed by atoms with Gasteiger partial charge in [-0.1, -0.05) is 18.5 Å². The molecule has 0 saturated carbocycles. The van der Waals surface area contributed by atoms with Crippen molar-refractivity contribution in [3.8, 4) is 0 Å². The molecule has 1 unspecified atom stereocenters. The number of ether oxygens (including phenoxy) is 1. The molecule has 3 heterocycles. The highest BCUT2D eigenvalue weighted by molar-refractivity contribution is 6.32. The van der Waals surface area contributed by atoms with E-state index in [0.29, 0.717) is 30.5 Å². The van der Waals surface area contributed by atoms with E-state index in [1.807, 2.05) is 19.1 Å². The Balaban J connectivity index is 1.89. The first-order valence-electron chi connectivity index (χ1n) is 7.26. The van der Waals surface area contributed by atoms with E-state index in [9.17, 15) is 4.79 Å². The Labute approximate surface area is 133 Å². The molecule has 1 aliphatic heterocycles. The number of nitrogens with zero attached hydrogens (tertiary/aromatic N) is 3. The van der Waals surface area contributed by atoms with Crippen molar-refractivity contribution in [3.05, 3.63) is 40.6 Å². The van der Waals surface area contributed by atoms with Gasteiger partial charge in [0.05, 0.1) is 25.0 Å². The lowest BCUT2D eigenvalue weighted by atomic mass is 10.1. The number of hydrogen-bond acceptors (Lipinski definition) is 4. The lowest BCUT2D eigenvalue weighted by molar-refractivity contribution is -0.00900. The number of furan rings is 1. The van der Waals surface area contributed by atoms with Gasteiger partial charge in [-0.25, -0.2) is 0 Å². The highest BCUT2D eigenvalue weighted by Crippen LogP contribution is 2.29. The molecule has 7 heteroatoms. The van der Waals surface area contributed by atoms with Crippen LogP contribution in [0.25, 0.3) is 0 Å². The first kappa shape index (κ1) is 15.1. The van der Waals surface area contributed by atoms with E-state index < -0.39 is 0 Å². The van der Waals surface area contributed by atoms with Crippen LogP contribution in [-0.2, 0) is 18.2 Å². The third-order valence-corrected chi connectivity index (χ3v) is 4.29. The lowest BCUT2D eigenvalue weighted by Gasteiger charge is -2.34. The number of halogens is 1. The van der Waals surface area contributed by atoms with Crippen LogP contribution in [-0.4, -0.2) is 40.3 Å². The van der Waals surface area contributed by atoms with Crippen LogP contribution in [0.1, 0.15) is 34.8 Å². The van der Waals surface area contributed by atoms with Gasteiger partial charge in [0.2, 0.25) is 0 Å². The molecule has 1 saturated heterocycles. The lowest BCUT2D eigenvalue weighted by Crippen LogP contribution is -2.43. The van der Waals surface area contributed by atoms with Gasteiger partial charge in [-0.15, -0.1) is 0 Å². The summed E-state index contributed by atoms with van der Waals surface area (Å²) >= 11 is 6.14. The summed E-state index contributed by atoms with van der Waals surface area (Å²) in [4.78, 5) is 14.5. The first-order valence-corrected chi connectivity index (χ1v) is 7.64. The van der Waals surface area contributed by atoms with Gasteiger partial charge < -0.3 is 14.1 Å². The van der Waals surface area contributed by atoms with Crippen LogP contribution in [0.4, 0.5) is 0 Å². The maximum absolute atomic E-state index is 12.8. The van der Waals surface area contributed by atoms with E-state index in [0.717, 1.165) is 17.9 Å². The van der Waals surface area contributed by atoms with Crippen LogP contribution in [0.15, 0.2) is 22.7 Å². The largest absolute Gasteiger partial charge is 0.464 e. The highest BCUT2D eigenvalue weighted by Gasteiger charge is 2.33. The Morgan fingerprint density at radius 3 is 2.95 bits per heavy atom. The molecule has 0 spiro atoms. The first-order chi connectivity index (χ1) is 10.6. The molecule has 1 fully saturated rings. The second-order valence-corrected chi connectivity index (χ2v) is 5.58. The van der Waals surface area contributed by atoms with E-state index in [-0.39, 0.29) is 11.9 Å². The normalized spacial score (nSPS) is 18.7. The predicted molar refractivity (Wildman–Crippen MR) is 80.9 cm³/mol. The van der Waals surface area contributed by atoms with Gasteiger partial charge in [-0.2, -0.15) is 5.10 Å². The Kier molecular flexibility index (Phi) is 4.22. The average molecular weight is 324 g/mol. The summed E-state index contributed by atoms with van der Waals surface area (Å²) in [6.07, 6.45) is 2.31. The molecule has 1 amide bonds. The van der Waals surface area contributed by atoms with Crippen LogP contribution in [0.2, 0.25) is 5.15 Å². The number of carbonyl (C=O) groups is 1. The summed E-state index contributed by atoms with van der Waals surface area (Å²) < 4.78 is 12.8. The predicted octanol–water partition coefficient (Wildman–Crippen LogP) is 2.44. The van der Waals surface area contributed by atoms with Gasteiger partial charge in [-0.3, -0.25) is 9.48 Å². The molecule has 0 bridgehead atoms. The summed E-state index contributed by atoms with van der Waals surface area (Å²) in [7, 11) is 1.70. The summed E-state index contributed by atoms with van der Waals surface area (Å²) in [5, 5.41) is 4.37. The number of hydrogen-bond donors (Lipinski definition) is 0. The van der Waals surface area contributed by atoms with Crippen molar-refractivity contribution >= 4 is 17.5 Å². The second-order valence-electron chi connectivity index (χ2n) is 5.22. The van der Waals surface area contributed by atoms with Gasteiger partial charge in [0.1, 0.15) is 22.7 Å². The monoisotopic (exact) mass is 323 g/mol. The molecule has 3 rings (SSSR count). The zero-order valence-electron chi connectivity index (χ0n) is 12.6. The minimum absolute atomic E-state index is 0.152. The zero-order chi connectivity index (χ0) is 15.7. The Morgan fingerprint density at radius 2 is 2.32 bits per heavy atom. The number of aryl methyl sites for hydroxylation is 2. The molecule has 0 radical (unpaired) electrons. The summed E-state index contributed by atoms with van der Waals surface area (Å²) in [6, 6.07) is 3.60. The van der Waals surface area contributed by atoms with Crippen molar-refractivity contribution in [1.82, 2.24) is 14.7 Å². The molecule has 0 aliphatic carbocycles. The van der Waals surface area contributed by atoms with E-state index >= 15 is 0 Å². The van der Waals surface area contributed by atoms with Crippen molar-refractivity contribution in [1.29, 1.82) is 0 Å². The molecule has 2 aromatic heterocycles. The van der Waals surface area contributed by atoms with E-state index in [2.05, 4.69) is 5.10 Å². The van der Waals surface area contributed by atoms with Crippen molar-refractivity contribution < 1.29 is 13.9 Å².